The van der Waals surface area contributed by atoms with E-state index in [1.165, 1.54) is 19.3 Å². The monoisotopic (exact) mass is 381 g/mol. The maximum atomic E-state index is 12.2. The van der Waals surface area contributed by atoms with Crippen molar-refractivity contribution < 1.29 is 8.42 Å². The van der Waals surface area contributed by atoms with Crippen molar-refractivity contribution in [3.8, 4) is 0 Å². The molecule has 5 nitrogen and oxygen atoms in total. The van der Waals surface area contributed by atoms with Crippen LogP contribution in [0.15, 0.2) is 35.3 Å². The number of benzene rings is 1. The molecule has 1 aromatic rings. The first-order valence-corrected chi connectivity index (χ1v) is 11.6. The molecular formula is C20H35N3O2S. The van der Waals surface area contributed by atoms with E-state index in [0.29, 0.717) is 19.0 Å². The van der Waals surface area contributed by atoms with Gasteiger partial charge in [-0.1, -0.05) is 56.5 Å². The zero-order valence-corrected chi connectivity index (χ0v) is 17.3. The summed E-state index contributed by atoms with van der Waals surface area (Å²) in [5.41, 5.74) is 0.840. The average molecular weight is 382 g/mol. The summed E-state index contributed by atoms with van der Waals surface area (Å²) < 4.78 is 24.4. The largest absolute Gasteiger partial charge is 0.357 e. The van der Waals surface area contributed by atoms with Crippen molar-refractivity contribution in [1.29, 1.82) is 0 Å². The molecule has 0 fully saturated rings. The number of rotatable bonds is 12. The van der Waals surface area contributed by atoms with Crippen LogP contribution in [0.5, 0.6) is 0 Å². The molecule has 0 aliphatic rings. The fraction of sp³-hybridized carbons (Fsp3) is 0.650. The van der Waals surface area contributed by atoms with Crippen molar-refractivity contribution in [3.05, 3.63) is 35.9 Å². The van der Waals surface area contributed by atoms with E-state index in [-0.39, 0.29) is 11.5 Å². The van der Waals surface area contributed by atoms with Gasteiger partial charge in [0, 0.05) is 19.1 Å². The van der Waals surface area contributed by atoms with Gasteiger partial charge >= 0.3 is 0 Å². The highest BCUT2D eigenvalue weighted by molar-refractivity contribution is 7.90. The molecule has 0 radical (unpaired) electrons. The lowest BCUT2D eigenvalue weighted by Crippen LogP contribution is -2.42. The van der Waals surface area contributed by atoms with Crippen molar-refractivity contribution in [2.45, 2.75) is 64.7 Å². The standard InChI is InChI=1S/C20H35N3O2S/c1-4-6-8-12-18(3)23-20(21-5-2)22-15-11-16-26(24,25)17-19-13-9-7-10-14-19/h7,9-10,13-14,18H,4-6,8,11-12,15-17H2,1-3H3,(H2,21,22,23). The van der Waals surface area contributed by atoms with Gasteiger partial charge in [0.2, 0.25) is 0 Å². The zero-order chi connectivity index (χ0) is 19.3. The molecule has 0 heterocycles. The van der Waals surface area contributed by atoms with Gasteiger partial charge in [0.05, 0.1) is 11.5 Å². The van der Waals surface area contributed by atoms with Gasteiger partial charge in [-0.2, -0.15) is 0 Å². The van der Waals surface area contributed by atoms with Crippen LogP contribution in [0.2, 0.25) is 0 Å². The highest BCUT2D eigenvalue weighted by Crippen LogP contribution is 2.07. The van der Waals surface area contributed by atoms with Crippen molar-refractivity contribution in [3.63, 3.8) is 0 Å². The topological polar surface area (TPSA) is 70.6 Å². The summed E-state index contributed by atoms with van der Waals surface area (Å²) >= 11 is 0. The Morgan fingerprint density at radius 2 is 1.85 bits per heavy atom. The Labute approximate surface area is 159 Å². The predicted octanol–water partition coefficient (Wildman–Crippen LogP) is 3.52. The highest BCUT2D eigenvalue weighted by atomic mass is 32.2. The van der Waals surface area contributed by atoms with Crippen molar-refractivity contribution in [2.75, 3.05) is 18.8 Å². The van der Waals surface area contributed by atoms with Crippen LogP contribution < -0.4 is 10.6 Å². The second kappa shape index (κ2) is 12.7. The molecule has 0 aromatic heterocycles. The van der Waals surface area contributed by atoms with Crippen LogP contribution in [0.1, 0.15) is 58.4 Å². The van der Waals surface area contributed by atoms with E-state index < -0.39 is 9.84 Å². The van der Waals surface area contributed by atoms with Gasteiger partial charge in [-0.15, -0.1) is 0 Å². The SMILES string of the molecule is CCCCCC(C)NC(=NCCCS(=O)(=O)Cc1ccccc1)NCC. The molecule has 1 rings (SSSR count). The van der Waals surface area contributed by atoms with Crippen LogP contribution in [0.4, 0.5) is 0 Å². The first-order chi connectivity index (χ1) is 12.5. The molecule has 0 bridgehead atoms. The molecule has 0 aliphatic heterocycles. The Kier molecular flexibility index (Phi) is 11.0. The summed E-state index contributed by atoms with van der Waals surface area (Å²) in [6, 6.07) is 9.69. The maximum absolute atomic E-state index is 12.2. The van der Waals surface area contributed by atoms with Crippen LogP contribution in [0, 0.1) is 0 Å². The van der Waals surface area contributed by atoms with E-state index in [4.69, 9.17) is 0 Å². The van der Waals surface area contributed by atoms with E-state index in [2.05, 4.69) is 29.5 Å². The van der Waals surface area contributed by atoms with Gasteiger partial charge in [0.15, 0.2) is 15.8 Å². The number of nitrogens with one attached hydrogen (secondary N) is 2. The number of guanidine groups is 1. The molecule has 0 saturated carbocycles. The third-order valence-electron chi connectivity index (χ3n) is 4.08. The molecule has 0 amide bonds. The summed E-state index contributed by atoms with van der Waals surface area (Å²) in [6.07, 6.45) is 5.33. The lowest BCUT2D eigenvalue weighted by atomic mass is 10.1. The Bertz CT molecular complexity index is 615. The van der Waals surface area contributed by atoms with Crippen molar-refractivity contribution in [2.24, 2.45) is 4.99 Å². The smallest absolute Gasteiger partial charge is 0.191 e. The highest BCUT2D eigenvalue weighted by Gasteiger charge is 2.11. The lowest BCUT2D eigenvalue weighted by Gasteiger charge is -2.17. The molecular weight excluding hydrogens is 346 g/mol. The first kappa shape index (κ1) is 22.5. The van der Waals surface area contributed by atoms with E-state index in [0.717, 1.165) is 24.5 Å². The molecule has 0 aliphatic carbocycles. The van der Waals surface area contributed by atoms with Crippen LogP contribution in [0.3, 0.4) is 0 Å². The van der Waals surface area contributed by atoms with Crippen molar-refractivity contribution >= 4 is 15.8 Å². The normalized spacial score (nSPS) is 13.4. The van der Waals surface area contributed by atoms with Crippen LogP contribution in [-0.4, -0.2) is 39.3 Å². The number of hydrogen-bond acceptors (Lipinski definition) is 3. The Morgan fingerprint density at radius 1 is 1.12 bits per heavy atom. The van der Waals surface area contributed by atoms with Gasteiger partial charge in [-0.25, -0.2) is 8.42 Å². The van der Waals surface area contributed by atoms with E-state index >= 15 is 0 Å². The first-order valence-electron chi connectivity index (χ1n) is 9.76. The molecule has 0 spiro atoms. The van der Waals surface area contributed by atoms with E-state index in [1.807, 2.05) is 37.3 Å². The minimum absolute atomic E-state index is 0.102. The van der Waals surface area contributed by atoms with Crippen LogP contribution in [-0.2, 0) is 15.6 Å². The number of nitrogens with zero attached hydrogens (tertiary/aromatic N) is 1. The number of hydrogen-bond donors (Lipinski definition) is 2. The third kappa shape index (κ3) is 10.4. The fourth-order valence-electron chi connectivity index (χ4n) is 2.70. The molecule has 0 saturated heterocycles. The second-order valence-corrected chi connectivity index (χ2v) is 8.92. The maximum Gasteiger partial charge on any atom is 0.191 e. The molecule has 1 atom stereocenters. The third-order valence-corrected chi connectivity index (χ3v) is 5.76. The average Bonchev–Trinajstić information content (AvgIpc) is 2.59. The van der Waals surface area contributed by atoms with Gasteiger partial charge in [-0.05, 0) is 32.3 Å². The number of sulfone groups is 1. The molecule has 6 heteroatoms. The quantitative estimate of drug-likeness (QED) is 0.330. The summed E-state index contributed by atoms with van der Waals surface area (Å²) in [4.78, 5) is 4.52. The van der Waals surface area contributed by atoms with E-state index in [9.17, 15) is 8.42 Å². The lowest BCUT2D eigenvalue weighted by molar-refractivity contribution is 0.546. The van der Waals surface area contributed by atoms with Gasteiger partial charge in [-0.3, -0.25) is 4.99 Å². The van der Waals surface area contributed by atoms with Crippen molar-refractivity contribution in [1.82, 2.24) is 10.6 Å². The Morgan fingerprint density at radius 3 is 2.50 bits per heavy atom. The van der Waals surface area contributed by atoms with Gasteiger partial charge in [0.25, 0.3) is 0 Å². The van der Waals surface area contributed by atoms with Gasteiger partial charge < -0.3 is 10.6 Å². The van der Waals surface area contributed by atoms with Crippen LogP contribution in [0.25, 0.3) is 0 Å². The summed E-state index contributed by atoms with van der Waals surface area (Å²) in [7, 11) is -3.09. The molecule has 26 heavy (non-hydrogen) atoms. The molecule has 148 valence electrons. The minimum Gasteiger partial charge on any atom is -0.357 e. The summed E-state index contributed by atoms with van der Waals surface area (Å²) in [5, 5.41) is 6.63. The molecule has 1 aromatic carbocycles. The zero-order valence-electron chi connectivity index (χ0n) is 16.5. The fourth-order valence-corrected chi connectivity index (χ4v) is 4.12. The Balaban J connectivity index is 2.41. The Hall–Kier alpha value is -1.56. The minimum atomic E-state index is -3.09. The molecule has 1 unspecified atom stereocenters. The van der Waals surface area contributed by atoms with Crippen LogP contribution >= 0.6 is 0 Å². The predicted molar refractivity (Wildman–Crippen MR) is 111 cm³/mol. The second-order valence-electron chi connectivity index (χ2n) is 6.73. The summed E-state index contributed by atoms with van der Waals surface area (Å²) in [6.45, 7) is 7.69. The van der Waals surface area contributed by atoms with E-state index in [1.54, 1.807) is 0 Å². The summed E-state index contributed by atoms with van der Waals surface area (Å²) in [5.74, 6) is 1.04. The van der Waals surface area contributed by atoms with Gasteiger partial charge in [0.1, 0.15) is 0 Å². The molecule has 2 N–H and O–H groups in total. The number of aliphatic imine (C=N–C) groups is 1. The number of unbranched alkanes of at least 4 members (excludes halogenated alkanes) is 2.